The SMILES string of the molecule is Cc1ccccc1OCC(=O)N/N=C/c1ccc(-c2ccc(Cl)cc2)o1. The molecule has 2 aromatic carbocycles. The number of carbonyl (C=O) groups is 1. The molecule has 0 radical (unpaired) electrons. The molecular formula is C20H17ClN2O3. The highest BCUT2D eigenvalue weighted by molar-refractivity contribution is 6.30. The topological polar surface area (TPSA) is 63.8 Å². The van der Waals surface area contributed by atoms with Crippen LogP contribution in [-0.4, -0.2) is 18.7 Å². The molecule has 3 aromatic rings. The summed E-state index contributed by atoms with van der Waals surface area (Å²) < 4.78 is 11.1. The van der Waals surface area contributed by atoms with Crippen molar-refractivity contribution in [3.05, 3.63) is 77.0 Å². The lowest BCUT2D eigenvalue weighted by molar-refractivity contribution is -0.123. The molecule has 5 nitrogen and oxygen atoms in total. The van der Waals surface area contributed by atoms with E-state index in [4.69, 9.17) is 20.8 Å². The molecule has 0 aliphatic carbocycles. The van der Waals surface area contributed by atoms with Crippen LogP contribution < -0.4 is 10.2 Å². The summed E-state index contributed by atoms with van der Waals surface area (Å²) in [7, 11) is 0. The third kappa shape index (κ3) is 4.74. The van der Waals surface area contributed by atoms with Gasteiger partial charge in [0.25, 0.3) is 5.91 Å². The Morgan fingerprint density at radius 3 is 2.69 bits per heavy atom. The van der Waals surface area contributed by atoms with Gasteiger partial charge >= 0.3 is 0 Å². The lowest BCUT2D eigenvalue weighted by Crippen LogP contribution is -2.24. The van der Waals surface area contributed by atoms with Gasteiger partial charge in [0.15, 0.2) is 6.61 Å². The zero-order chi connectivity index (χ0) is 18.4. The lowest BCUT2D eigenvalue weighted by atomic mass is 10.2. The molecule has 0 bridgehead atoms. The predicted octanol–water partition coefficient (Wildman–Crippen LogP) is 4.44. The van der Waals surface area contributed by atoms with E-state index in [0.29, 0.717) is 22.3 Å². The number of rotatable bonds is 6. The van der Waals surface area contributed by atoms with Crippen LogP contribution in [0, 0.1) is 6.92 Å². The quantitative estimate of drug-likeness (QED) is 0.517. The molecule has 0 aliphatic rings. The van der Waals surface area contributed by atoms with E-state index in [1.807, 2.05) is 49.4 Å². The van der Waals surface area contributed by atoms with Crippen molar-refractivity contribution in [2.24, 2.45) is 5.10 Å². The van der Waals surface area contributed by atoms with Gasteiger partial charge in [-0.15, -0.1) is 0 Å². The van der Waals surface area contributed by atoms with Crippen LogP contribution in [-0.2, 0) is 4.79 Å². The van der Waals surface area contributed by atoms with E-state index in [9.17, 15) is 4.79 Å². The van der Waals surface area contributed by atoms with Gasteiger partial charge in [-0.2, -0.15) is 5.10 Å². The van der Waals surface area contributed by atoms with Crippen molar-refractivity contribution in [2.45, 2.75) is 6.92 Å². The number of hydrazone groups is 1. The highest BCUT2D eigenvalue weighted by Crippen LogP contribution is 2.23. The number of hydrogen-bond acceptors (Lipinski definition) is 4. The molecule has 0 saturated heterocycles. The van der Waals surface area contributed by atoms with E-state index in [1.54, 1.807) is 18.2 Å². The van der Waals surface area contributed by atoms with Crippen molar-refractivity contribution < 1.29 is 13.9 Å². The molecule has 1 amide bonds. The molecule has 6 heteroatoms. The number of benzene rings is 2. The molecule has 26 heavy (non-hydrogen) atoms. The number of aryl methyl sites for hydroxylation is 1. The van der Waals surface area contributed by atoms with Gasteiger partial charge in [0.05, 0.1) is 6.21 Å². The largest absolute Gasteiger partial charge is 0.483 e. The fourth-order valence-corrected chi connectivity index (χ4v) is 2.38. The summed E-state index contributed by atoms with van der Waals surface area (Å²) in [5.41, 5.74) is 4.28. The van der Waals surface area contributed by atoms with Crippen molar-refractivity contribution in [1.82, 2.24) is 5.43 Å². The van der Waals surface area contributed by atoms with Gasteiger partial charge < -0.3 is 9.15 Å². The molecular weight excluding hydrogens is 352 g/mol. The number of halogens is 1. The first-order chi connectivity index (χ1) is 12.6. The Morgan fingerprint density at radius 1 is 1.15 bits per heavy atom. The number of para-hydroxylation sites is 1. The van der Waals surface area contributed by atoms with Crippen molar-refractivity contribution in [3.8, 4) is 17.1 Å². The zero-order valence-corrected chi connectivity index (χ0v) is 14.9. The number of nitrogens with one attached hydrogen (secondary N) is 1. The van der Waals surface area contributed by atoms with E-state index < -0.39 is 0 Å². The minimum absolute atomic E-state index is 0.115. The van der Waals surface area contributed by atoms with Gasteiger partial charge in [-0.1, -0.05) is 29.8 Å². The Morgan fingerprint density at radius 2 is 1.92 bits per heavy atom. The summed E-state index contributed by atoms with van der Waals surface area (Å²) >= 11 is 5.87. The van der Waals surface area contributed by atoms with Crippen LogP contribution >= 0.6 is 11.6 Å². The highest BCUT2D eigenvalue weighted by atomic mass is 35.5. The van der Waals surface area contributed by atoms with Gasteiger partial charge in [0.2, 0.25) is 0 Å². The molecule has 0 fully saturated rings. The van der Waals surface area contributed by atoms with Crippen LogP contribution in [0.3, 0.4) is 0 Å². The summed E-state index contributed by atoms with van der Waals surface area (Å²) in [5.74, 6) is 1.53. The average molecular weight is 369 g/mol. The number of ether oxygens (including phenoxy) is 1. The second-order valence-electron chi connectivity index (χ2n) is 5.56. The minimum Gasteiger partial charge on any atom is -0.483 e. The molecule has 0 saturated carbocycles. The van der Waals surface area contributed by atoms with Crippen LogP contribution in [0.5, 0.6) is 5.75 Å². The summed E-state index contributed by atoms with van der Waals surface area (Å²) in [6, 6.07) is 18.4. The first-order valence-corrected chi connectivity index (χ1v) is 8.36. The molecule has 0 spiro atoms. The van der Waals surface area contributed by atoms with Crippen LogP contribution in [0.25, 0.3) is 11.3 Å². The molecule has 3 rings (SSSR count). The van der Waals surface area contributed by atoms with Gasteiger partial charge in [-0.05, 0) is 55.0 Å². The maximum absolute atomic E-state index is 11.8. The van der Waals surface area contributed by atoms with Gasteiger partial charge in [-0.25, -0.2) is 5.43 Å². The second kappa shape index (κ2) is 8.36. The molecule has 132 valence electrons. The molecule has 0 aliphatic heterocycles. The Kier molecular flexibility index (Phi) is 5.71. The molecule has 0 unspecified atom stereocenters. The summed E-state index contributed by atoms with van der Waals surface area (Å²) in [5, 5.41) is 4.54. The van der Waals surface area contributed by atoms with E-state index in [0.717, 1.165) is 11.1 Å². The predicted molar refractivity (Wildman–Crippen MR) is 102 cm³/mol. The molecule has 0 atom stereocenters. The monoisotopic (exact) mass is 368 g/mol. The number of carbonyl (C=O) groups excluding carboxylic acids is 1. The van der Waals surface area contributed by atoms with E-state index in [1.165, 1.54) is 6.21 Å². The van der Waals surface area contributed by atoms with Gasteiger partial charge in [0.1, 0.15) is 17.3 Å². The number of nitrogens with zero attached hydrogens (tertiary/aromatic N) is 1. The van der Waals surface area contributed by atoms with Crippen molar-refractivity contribution in [1.29, 1.82) is 0 Å². The second-order valence-corrected chi connectivity index (χ2v) is 5.99. The fourth-order valence-electron chi connectivity index (χ4n) is 2.25. The van der Waals surface area contributed by atoms with Crippen LogP contribution in [0.4, 0.5) is 0 Å². The maximum Gasteiger partial charge on any atom is 0.277 e. The van der Waals surface area contributed by atoms with Crippen molar-refractivity contribution in [2.75, 3.05) is 6.61 Å². The third-order valence-corrected chi connectivity index (χ3v) is 3.84. The maximum atomic E-state index is 11.8. The first-order valence-electron chi connectivity index (χ1n) is 7.98. The standard InChI is InChI=1S/C20H17ClN2O3/c1-14-4-2-3-5-18(14)25-13-20(24)23-22-12-17-10-11-19(26-17)15-6-8-16(21)9-7-15/h2-12H,13H2,1H3,(H,23,24)/b22-12+. The average Bonchev–Trinajstić information content (AvgIpc) is 3.10. The van der Waals surface area contributed by atoms with Gasteiger partial charge in [0, 0.05) is 10.6 Å². The van der Waals surface area contributed by atoms with E-state index in [2.05, 4.69) is 10.5 Å². The summed E-state index contributed by atoms with van der Waals surface area (Å²) in [4.78, 5) is 11.8. The Balaban J connectivity index is 1.51. The Labute approximate surface area is 156 Å². The third-order valence-electron chi connectivity index (χ3n) is 3.59. The van der Waals surface area contributed by atoms with Crippen molar-refractivity contribution in [3.63, 3.8) is 0 Å². The highest BCUT2D eigenvalue weighted by Gasteiger charge is 2.05. The number of amides is 1. The summed E-state index contributed by atoms with van der Waals surface area (Å²) in [6.45, 7) is 1.80. The van der Waals surface area contributed by atoms with E-state index in [-0.39, 0.29) is 12.5 Å². The van der Waals surface area contributed by atoms with E-state index >= 15 is 0 Å². The van der Waals surface area contributed by atoms with Crippen molar-refractivity contribution >= 4 is 23.7 Å². The molecule has 1 aromatic heterocycles. The normalized spacial score (nSPS) is 10.8. The van der Waals surface area contributed by atoms with Crippen LogP contribution in [0.1, 0.15) is 11.3 Å². The molecule has 1 heterocycles. The number of furan rings is 1. The Hall–Kier alpha value is -3.05. The van der Waals surface area contributed by atoms with Gasteiger partial charge in [-0.3, -0.25) is 4.79 Å². The fraction of sp³-hybridized carbons (Fsp3) is 0.100. The number of hydrogen-bond donors (Lipinski definition) is 1. The minimum atomic E-state index is -0.353. The summed E-state index contributed by atoms with van der Waals surface area (Å²) in [6.07, 6.45) is 1.44. The molecule has 1 N–H and O–H groups in total. The van der Waals surface area contributed by atoms with Crippen LogP contribution in [0.15, 0.2) is 70.2 Å². The Bertz CT molecular complexity index is 917. The smallest absolute Gasteiger partial charge is 0.277 e. The lowest BCUT2D eigenvalue weighted by Gasteiger charge is -2.07. The first kappa shape index (κ1) is 17.8. The zero-order valence-electron chi connectivity index (χ0n) is 14.1. The van der Waals surface area contributed by atoms with Crippen LogP contribution in [0.2, 0.25) is 5.02 Å².